The van der Waals surface area contributed by atoms with E-state index in [4.69, 9.17) is 5.73 Å². The molecule has 1 fully saturated rings. The average molecular weight is 265 g/mol. The molecule has 0 aliphatic carbocycles. The van der Waals surface area contributed by atoms with Crippen LogP contribution < -0.4 is 5.73 Å². The van der Waals surface area contributed by atoms with Crippen LogP contribution >= 0.6 is 0 Å². The lowest BCUT2D eigenvalue weighted by atomic mass is 9.92. The number of carbonyl (C=O) groups is 1. The van der Waals surface area contributed by atoms with Crippen LogP contribution in [-0.4, -0.2) is 28.9 Å². The standard InChI is InChI=1S/C14H20FN3O/c1-2-3-10-4-6-18(7-5-10)14(19)12-8-11(15)9-17-13(12)16/h8-10H,2-7H2,1H3,(H2,16,17). The van der Waals surface area contributed by atoms with Crippen LogP contribution in [0.2, 0.25) is 0 Å². The largest absolute Gasteiger partial charge is 0.383 e. The Morgan fingerprint density at radius 1 is 1.53 bits per heavy atom. The van der Waals surface area contributed by atoms with E-state index in [9.17, 15) is 9.18 Å². The Labute approximate surface area is 112 Å². The molecule has 2 N–H and O–H groups in total. The van der Waals surface area contributed by atoms with Gasteiger partial charge in [0.05, 0.1) is 11.8 Å². The van der Waals surface area contributed by atoms with Crippen LogP contribution in [-0.2, 0) is 0 Å². The average Bonchev–Trinajstić information content (AvgIpc) is 2.42. The second-order valence-corrected chi connectivity index (χ2v) is 5.11. The minimum atomic E-state index is -0.529. The van der Waals surface area contributed by atoms with Gasteiger partial charge in [-0.25, -0.2) is 9.37 Å². The van der Waals surface area contributed by atoms with Gasteiger partial charge in [-0.1, -0.05) is 19.8 Å². The van der Waals surface area contributed by atoms with Crippen LogP contribution in [0, 0.1) is 11.7 Å². The van der Waals surface area contributed by atoms with Crippen molar-refractivity contribution in [1.29, 1.82) is 0 Å². The van der Waals surface area contributed by atoms with Crippen molar-refractivity contribution in [2.24, 2.45) is 5.92 Å². The lowest BCUT2D eigenvalue weighted by Crippen LogP contribution is -2.38. The van der Waals surface area contributed by atoms with Crippen LogP contribution in [0.4, 0.5) is 10.2 Å². The fourth-order valence-corrected chi connectivity index (χ4v) is 2.62. The first kappa shape index (κ1) is 13.8. The number of halogens is 1. The van der Waals surface area contributed by atoms with Crippen LogP contribution in [0.3, 0.4) is 0 Å². The first-order valence-corrected chi connectivity index (χ1v) is 6.82. The second-order valence-electron chi connectivity index (χ2n) is 5.11. The monoisotopic (exact) mass is 265 g/mol. The molecule has 1 aliphatic rings. The number of likely N-dealkylation sites (tertiary alicyclic amines) is 1. The molecule has 1 aromatic heterocycles. The number of hydrogen-bond donors (Lipinski definition) is 1. The molecule has 5 heteroatoms. The number of aromatic nitrogens is 1. The highest BCUT2D eigenvalue weighted by Crippen LogP contribution is 2.23. The van der Waals surface area contributed by atoms with E-state index in [1.807, 2.05) is 0 Å². The highest BCUT2D eigenvalue weighted by atomic mass is 19.1. The zero-order valence-electron chi connectivity index (χ0n) is 11.2. The van der Waals surface area contributed by atoms with E-state index >= 15 is 0 Å². The van der Waals surface area contributed by atoms with Crippen molar-refractivity contribution in [3.05, 3.63) is 23.6 Å². The first-order chi connectivity index (χ1) is 9.11. The maximum atomic E-state index is 13.1. The molecule has 2 rings (SSSR count). The summed E-state index contributed by atoms with van der Waals surface area (Å²) in [5, 5.41) is 0. The number of nitrogens with zero attached hydrogens (tertiary/aromatic N) is 2. The Balaban J connectivity index is 2.03. The van der Waals surface area contributed by atoms with E-state index in [2.05, 4.69) is 11.9 Å². The molecule has 0 unspecified atom stereocenters. The zero-order valence-corrected chi connectivity index (χ0v) is 11.2. The molecule has 0 bridgehead atoms. The van der Waals surface area contributed by atoms with Crippen molar-refractivity contribution in [3.8, 4) is 0 Å². The summed E-state index contributed by atoms with van der Waals surface area (Å²) >= 11 is 0. The third-order valence-corrected chi connectivity index (χ3v) is 3.71. The maximum absolute atomic E-state index is 13.1. The van der Waals surface area contributed by atoms with Crippen molar-refractivity contribution < 1.29 is 9.18 Å². The molecule has 2 heterocycles. The van der Waals surface area contributed by atoms with Gasteiger partial charge in [-0.2, -0.15) is 0 Å². The SMILES string of the molecule is CCCC1CCN(C(=O)c2cc(F)cnc2N)CC1. The van der Waals surface area contributed by atoms with E-state index < -0.39 is 5.82 Å². The van der Waals surface area contributed by atoms with Gasteiger partial charge >= 0.3 is 0 Å². The van der Waals surface area contributed by atoms with E-state index in [0.717, 1.165) is 32.1 Å². The number of nitrogens with two attached hydrogens (primary N) is 1. The molecule has 1 aliphatic heterocycles. The summed E-state index contributed by atoms with van der Waals surface area (Å²) in [5.41, 5.74) is 5.82. The van der Waals surface area contributed by atoms with Gasteiger partial charge in [-0.05, 0) is 24.8 Å². The predicted molar refractivity (Wildman–Crippen MR) is 72.1 cm³/mol. The number of pyridine rings is 1. The van der Waals surface area contributed by atoms with Crippen molar-refractivity contribution in [1.82, 2.24) is 9.88 Å². The lowest BCUT2D eigenvalue weighted by Gasteiger charge is -2.32. The van der Waals surface area contributed by atoms with Gasteiger partial charge < -0.3 is 10.6 Å². The summed E-state index contributed by atoms with van der Waals surface area (Å²) in [6, 6.07) is 1.17. The van der Waals surface area contributed by atoms with Crippen molar-refractivity contribution in [2.45, 2.75) is 32.6 Å². The molecule has 0 saturated carbocycles. The van der Waals surface area contributed by atoms with Gasteiger partial charge in [0.15, 0.2) is 0 Å². The Kier molecular flexibility index (Phi) is 4.35. The Morgan fingerprint density at radius 3 is 2.84 bits per heavy atom. The molecule has 1 aromatic rings. The van der Waals surface area contributed by atoms with E-state index in [1.54, 1.807) is 4.90 Å². The minimum absolute atomic E-state index is 0.0991. The van der Waals surface area contributed by atoms with Gasteiger partial charge in [-0.15, -0.1) is 0 Å². The topological polar surface area (TPSA) is 59.2 Å². The number of anilines is 1. The Bertz CT molecular complexity index is 456. The Hall–Kier alpha value is -1.65. The first-order valence-electron chi connectivity index (χ1n) is 6.82. The molecule has 104 valence electrons. The predicted octanol–water partition coefficient (Wildman–Crippen LogP) is 2.46. The van der Waals surface area contributed by atoms with E-state index in [-0.39, 0.29) is 17.3 Å². The van der Waals surface area contributed by atoms with Gasteiger partial charge in [0.2, 0.25) is 0 Å². The van der Waals surface area contributed by atoms with Gasteiger partial charge in [0.1, 0.15) is 11.6 Å². The molecule has 1 saturated heterocycles. The second kappa shape index (κ2) is 5.99. The van der Waals surface area contributed by atoms with Gasteiger partial charge in [0, 0.05) is 13.1 Å². The molecule has 1 amide bonds. The number of rotatable bonds is 3. The highest BCUT2D eigenvalue weighted by Gasteiger charge is 2.24. The quantitative estimate of drug-likeness (QED) is 0.913. The molecule has 0 aromatic carbocycles. The van der Waals surface area contributed by atoms with Gasteiger partial charge in [-0.3, -0.25) is 4.79 Å². The summed E-state index contributed by atoms with van der Waals surface area (Å²) in [6.07, 6.45) is 5.45. The molecule has 4 nitrogen and oxygen atoms in total. The van der Waals surface area contributed by atoms with Crippen LogP contribution in [0.15, 0.2) is 12.3 Å². The summed E-state index contributed by atoms with van der Waals surface area (Å²) in [7, 11) is 0. The molecule has 0 atom stereocenters. The van der Waals surface area contributed by atoms with Gasteiger partial charge in [0.25, 0.3) is 5.91 Å². The summed E-state index contributed by atoms with van der Waals surface area (Å²) in [6.45, 7) is 3.62. The number of hydrogen-bond acceptors (Lipinski definition) is 3. The number of carbonyl (C=O) groups excluding carboxylic acids is 1. The maximum Gasteiger partial charge on any atom is 0.257 e. The summed E-state index contributed by atoms with van der Waals surface area (Å²) in [4.78, 5) is 17.7. The van der Waals surface area contributed by atoms with Crippen LogP contribution in [0.25, 0.3) is 0 Å². The van der Waals surface area contributed by atoms with E-state index in [1.165, 1.54) is 18.9 Å². The zero-order chi connectivity index (χ0) is 13.8. The lowest BCUT2D eigenvalue weighted by molar-refractivity contribution is 0.0687. The fourth-order valence-electron chi connectivity index (χ4n) is 2.62. The number of piperidine rings is 1. The van der Waals surface area contributed by atoms with Crippen molar-refractivity contribution in [2.75, 3.05) is 18.8 Å². The summed E-state index contributed by atoms with van der Waals surface area (Å²) in [5.74, 6) is 0.0666. The third-order valence-electron chi connectivity index (χ3n) is 3.71. The third kappa shape index (κ3) is 3.22. The normalized spacial score (nSPS) is 16.6. The molecule has 19 heavy (non-hydrogen) atoms. The van der Waals surface area contributed by atoms with Crippen LogP contribution in [0.1, 0.15) is 43.0 Å². The molecule has 0 radical (unpaired) electrons. The smallest absolute Gasteiger partial charge is 0.257 e. The number of amides is 1. The minimum Gasteiger partial charge on any atom is -0.383 e. The summed E-state index contributed by atoms with van der Waals surface area (Å²) < 4.78 is 13.1. The fraction of sp³-hybridized carbons (Fsp3) is 0.571. The van der Waals surface area contributed by atoms with Crippen molar-refractivity contribution >= 4 is 11.7 Å². The molecular formula is C14H20FN3O. The van der Waals surface area contributed by atoms with Crippen molar-refractivity contribution in [3.63, 3.8) is 0 Å². The van der Waals surface area contributed by atoms with Crippen LogP contribution in [0.5, 0.6) is 0 Å². The Morgan fingerprint density at radius 2 is 2.21 bits per heavy atom. The molecular weight excluding hydrogens is 245 g/mol. The highest BCUT2D eigenvalue weighted by molar-refractivity contribution is 5.98. The molecule has 0 spiro atoms. The van der Waals surface area contributed by atoms with E-state index in [0.29, 0.717) is 5.92 Å². The number of nitrogen functional groups attached to an aromatic ring is 1.